The highest BCUT2D eigenvalue weighted by Gasteiger charge is 2.19. The van der Waals surface area contributed by atoms with E-state index in [1.807, 2.05) is 18.2 Å². The molecule has 4 heteroatoms. The number of benzene rings is 1. The molecule has 0 saturated heterocycles. The van der Waals surface area contributed by atoms with Crippen molar-refractivity contribution in [3.05, 3.63) is 23.8 Å². The summed E-state index contributed by atoms with van der Waals surface area (Å²) in [5.41, 5.74) is 5.79. The van der Waals surface area contributed by atoms with Crippen LogP contribution in [0.2, 0.25) is 0 Å². The van der Waals surface area contributed by atoms with Gasteiger partial charge in [0.1, 0.15) is 0 Å². The predicted octanol–water partition coefficient (Wildman–Crippen LogP) is 1.06. The molecule has 0 fully saturated rings. The van der Waals surface area contributed by atoms with E-state index in [0.29, 0.717) is 13.2 Å². The third-order valence-electron chi connectivity index (χ3n) is 2.83. The molecule has 3 N–H and O–H groups in total. The van der Waals surface area contributed by atoms with Gasteiger partial charge in [-0.2, -0.15) is 0 Å². The number of aryl methyl sites for hydroxylation is 1. The van der Waals surface area contributed by atoms with Gasteiger partial charge in [-0.05, 0) is 37.5 Å². The van der Waals surface area contributed by atoms with Crippen LogP contribution in [0.1, 0.15) is 18.9 Å². The lowest BCUT2D eigenvalue weighted by atomic mass is 9.97. The smallest absolute Gasteiger partial charge is 0.231 e. The van der Waals surface area contributed by atoms with Crippen LogP contribution in [-0.2, 0) is 6.42 Å². The lowest BCUT2D eigenvalue weighted by Gasteiger charge is -2.20. The fourth-order valence-electron chi connectivity index (χ4n) is 1.61. The standard InChI is InChI=1S/C12H17NO3/c1-12(14,7-13)5-4-9-2-3-10-11(6-9)16-8-15-10/h2-3,6,14H,4-5,7-8,13H2,1H3. The maximum atomic E-state index is 9.80. The normalized spacial score (nSPS) is 17.2. The summed E-state index contributed by atoms with van der Waals surface area (Å²) in [7, 11) is 0. The molecule has 1 atom stereocenters. The Hall–Kier alpha value is -1.26. The van der Waals surface area contributed by atoms with Crippen molar-refractivity contribution in [2.24, 2.45) is 5.73 Å². The Labute approximate surface area is 95.0 Å². The van der Waals surface area contributed by atoms with Crippen molar-refractivity contribution in [1.29, 1.82) is 0 Å². The monoisotopic (exact) mass is 223 g/mol. The Morgan fingerprint density at radius 1 is 1.38 bits per heavy atom. The van der Waals surface area contributed by atoms with Crippen LogP contribution in [0.4, 0.5) is 0 Å². The summed E-state index contributed by atoms with van der Waals surface area (Å²) in [5.74, 6) is 1.57. The number of rotatable bonds is 4. The van der Waals surface area contributed by atoms with Gasteiger partial charge in [0.25, 0.3) is 0 Å². The number of aliphatic hydroxyl groups is 1. The third-order valence-corrected chi connectivity index (χ3v) is 2.83. The molecule has 16 heavy (non-hydrogen) atoms. The second-order valence-corrected chi connectivity index (χ2v) is 4.39. The van der Waals surface area contributed by atoms with E-state index in [2.05, 4.69) is 0 Å². The highest BCUT2D eigenvalue weighted by Crippen LogP contribution is 2.33. The van der Waals surface area contributed by atoms with Crippen molar-refractivity contribution in [1.82, 2.24) is 0 Å². The molecule has 0 amide bonds. The molecule has 88 valence electrons. The number of ether oxygens (including phenoxy) is 2. The Morgan fingerprint density at radius 3 is 2.88 bits per heavy atom. The first-order valence-corrected chi connectivity index (χ1v) is 5.42. The number of hydrogen-bond acceptors (Lipinski definition) is 4. The zero-order valence-electron chi connectivity index (χ0n) is 9.40. The molecule has 0 radical (unpaired) electrons. The van der Waals surface area contributed by atoms with E-state index < -0.39 is 5.60 Å². The van der Waals surface area contributed by atoms with E-state index in [1.54, 1.807) is 6.92 Å². The van der Waals surface area contributed by atoms with Crippen molar-refractivity contribution < 1.29 is 14.6 Å². The molecule has 0 aliphatic carbocycles. The average molecular weight is 223 g/mol. The third kappa shape index (κ3) is 2.46. The Morgan fingerprint density at radius 2 is 2.12 bits per heavy atom. The molecule has 4 nitrogen and oxygen atoms in total. The molecular weight excluding hydrogens is 206 g/mol. The topological polar surface area (TPSA) is 64.7 Å². The van der Waals surface area contributed by atoms with Gasteiger partial charge in [-0.3, -0.25) is 0 Å². The summed E-state index contributed by atoms with van der Waals surface area (Å²) < 4.78 is 10.5. The molecule has 1 aliphatic rings. The molecule has 1 heterocycles. The molecule has 1 aromatic rings. The van der Waals surface area contributed by atoms with Crippen LogP contribution in [0, 0.1) is 0 Å². The van der Waals surface area contributed by atoms with Crippen LogP contribution in [0.25, 0.3) is 0 Å². The molecule has 0 aromatic heterocycles. The zero-order valence-corrected chi connectivity index (χ0v) is 9.40. The Balaban J connectivity index is 2.00. The second kappa shape index (κ2) is 4.31. The fourth-order valence-corrected chi connectivity index (χ4v) is 1.61. The van der Waals surface area contributed by atoms with Crippen LogP contribution in [0.3, 0.4) is 0 Å². The maximum Gasteiger partial charge on any atom is 0.231 e. The molecule has 1 aliphatic heterocycles. The van der Waals surface area contributed by atoms with Crippen LogP contribution in [-0.4, -0.2) is 24.0 Å². The van der Waals surface area contributed by atoms with Crippen molar-refractivity contribution in [2.45, 2.75) is 25.4 Å². The summed E-state index contributed by atoms with van der Waals surface area (Å²) in [4.78, 5) is 0. The minimum atomic E-state index is -0.795. The van der Waals surface area contributed by atoms with Crippen LogP contribution >= 0.6 is 0 Å². The van der Waals surface area contributed by atoms with Gasteiger partial charge < -0.3 is 20.3 Å². The number of fused-ring (bicyclic) bond motifs is 1. The van der Waals surface area contributed by atoms with E-state index in [4.69, 9.17) is 15.2 Å². The minimum Gasteiger partial charge on any atom is -0.454 e. The fraction of sp³-hybridized carbons (Fsp3) is 0.500. The molecule has 0 spiro atoms. The summed E-state index contributed by atoms with van der Waals surface area (Å²) in [6.07, 6.45) is 1.42. The lowest BCUT2D eigenvalue weighted by Crippen LogP contribution is -2.34. The largest absolute Gasteiger partial charge is 0.454 e. The van der Waals surface area contributed by atoms with Crippen LogP contribution < -0.4 is 15.2 Å². The number of hydrogen-bond donors (Lipinski definition) is 2. The summed E-state index contributed by atoms with van der Waals surface area (Å²) in [6.45, 7) is 2.32. The van der Waals surface area contributed by atoms with E-state index in [-0.39, 0.29) is 6.54 Å². The highest BCUT2D eigenvalue weighted by molar-refractivity contribution is 5.44. The van der Waals surface area contributed by atoms with Gasteiger partial charge in [-0.1, -0.05) is 6.07 Å². The van der Waals surface area contributed by atoms with Crippen molar-refractivity contribution in [3.63, 3.8) is 0 Å². The van der Waals surface area contributed by atoms with Gasteiger partial charge in [0.05, 0.1) is 5.60 Å². The van der Waals surface area contributed by atoms with Gasteiger partial charge >= 0.3 is 0 Å². The maximum absolute atomic E-state index is 9.80. The minimum absolute atomic E-state index is 0.275. The average Bonchev–Trinajstić information content (AvgIpc) is 2.73. The van der Waals surface area contributed by atoms with Gasteiger partial charge in [0, 0.05) is 6.54 Å². The summed E-state index contributed by atoms with van der Waals surface area (Å²) in [5, 5.41) is 9.80. The molecule has 0 saturated carbocycles. The molecule has 1 unspecified atom stereocenters. The first-order valence-electron chi connectivity index (χ1n) is 5.42. The van der Waals surface area contributed by atoms with E-state index in [1.165, 1.54) is 0 Å². The van der Waals surface area contributed by atoms with Crippen molar-refractivity contribution >= 4 is 0 Å². The van der Waals surface area contributed by atoms with Crippen molar-refractivity contribution in [3.8, 4) is 11.5 Å². The van der Waals surface area contributed by atoms with E-state index in [0.717, 1.165) is 23.5 Å². The summed E-state index contributed by atoms with van der Waals surface area (Å²) in [6, 6.07) is 5.84. The quantitative estimate of drug-likeness (QED) is 0.801. The first-order chi connectivity index (χ1) is 7.61. The van der Waals surface area contributed by atoms with Crippen LogP contribution in [0.15, 0.2) is 18.2 Å². The van der Waals surface area contributed by atoms with Gasteiger partial charge in [-0.15, -0.1) is 0 Å². The first kappa shape index (κ1) is 11.2. The molecule has 0 bridgehead atoms. The van der Waals surface area contributed by atoms with E-state index in [9.17, 15) is 5.11 Å². The summed E-state index contributed by atoms with van der Waals surface area (Å²) >= 11 is 0. The molecular formula is C12H17NO3. The second-order valence-electron chi connectivity index (χ2n) is 4.39. The van der Waals surface area contributed by atoms with Crippen LogP contribution in [0.5, 0.6) is 11.5 Å². The van der Waals surface area contributed by atoms with Crippen molar-refractivity contribution in [2.75, 3.05) is 13.3 Å². The molecule has 1 aromatic carbocycles. The Kier molecular flexibility index (Phi) is 3.03. The van der Waals surface area contributed by atoms with Gasteiger partial charge in [-0.25, -0.2) is 0 Å². The van der Waals surface area contributed by atoms with E-state index >= 15 is 0 Å². The Bertz CT molecular complexity index is 377. The zero-order chi connectivity index (χ0) is 11.6. The predicted molar refractivity (Wildman–Crippen MR) is 60.6 cm³/mol. The van der Waals surface area contributed by atoms with Gasteiger partial charge in [0.2, 0.25) is 6.79 Å². The lowest BCUT2D eigenvalue weighted by molar-refractivity contribution is 0.0603. The highest BCUT2D eigenvalue weighted by atomic mass is 16.7. The van der Waals surface area contributed by atoms with Gasteiger partial charge in [0.15, 0.2) is 11.5 Å². The number of nitrogens with two attached hydrogens (primary N) is 1. The SMILES string of the molecule is CC(O)(CN)CCc1ccc2c(c1)OCO2. The molecule has 2 rings (SSSR count).